The first-order valence-corrected chi connectivity index (χ1v) is 8.35. The van der Waals surface area contributed by atoms with Crippen LogP contribution in [0.1, 0.15) is 5.56 Å². The summed E-state index contributed by atoms with van der Waals surface area (Å²) in [5.41, 5.74) is 1.61. The number of hydrogen-bond donors (Lipinski definition) is 1. The smallest absolute Gasteiger partial charge is 0.340 e. The molecule has 0 saturated heterocycles. The Balaban J connectivity index is 1.61. The molecule has 1 heterocycles. The van der Waals surface area contributed by atoms with Crippen molar-refractivity contribution < 1.29 is 17.6 Å². The van der Waals surface area contributed by atoms with Crippen LogP contribution in [0.5, 0.6) is 0 Å². The van der Waals surface area contributed by atoms with Gasteiger partial charge in [-0.3, -0.25) is 0 Å². The highest BCUT2D eigenvalue weighted by Gasteiger charge is 2.30. The Hall–Kier alpha value is -3.48. The molecule has 0 bridgehead atoms. The first-order chi connectivity index (χ1) is 13.4. The number of hydrogen-bond acceptors (Lipinski definition) is 3. The molecule has 0 saturated carbocycles. The van der Waals surface area contributed by atoms with Gasteiger partial charge < -0.3 is 5.32 Å². The number of alkyl halides is 3. The van der Waals surface area contributed by atoms with Gasteiger partial charge >= 0.3 is 6.18 Å². The topological polar surface area (TPSA) is 37.8 Å². The van der Waals surface area contributed by atoms with Crippen molar-refractivity contribution in [3.63, 3.8) is 0 Å². The fourth-order valence-corrected chi connectivity index (χ4v) is 2.89. The van der Waals surface area contributed by atoms with E-state index in [1.165, 1.54) is 24.5 Å². The normalized spacial score (nSPS) is 11.6. The average molecular weight is 383 g/mol. The molecule has 0 atom stereocenters. The van der Waals surface area contributed by atoms with Crippen molar-refractivity contribution in [3.8, 4) is 11.1 Å². The lowest BCUT2D eigenvalue weighted by Crippen LogP contribution is -2.04. The molecule has 4 aromatic rings. The van der Waals surface area contributed by atoms with Crippen molar-refractivity contribution in [1.82, 2.24) is 9.97 Å². The minimum absolute atomic E-state index is 0.386. The Labute approximate surface area is 157 Å². The summed E-state index contributed by atoms with van der Waals surface area (Å²) in [6, 6.07) is 16.3. The zero-order valence-electron chi connectivity index (χ0n) is 14.3. The second kappa shape index (κ2) is 6.92. The number of nitrogens with one attached hydrogen (secondary N) is 1. The van der Waals surface area contributed by atoms with E-state index in [2.05, 4.69) is 15.3 Å². The minimum Gasteiger partial charge on any atom is -0.340 e. The quantitative estimate of drug-likeness (QED) is 0.428. The molecular formula is C21H13F4N3. The highest BCUT2D eigenvalue weighted by molar-refractivity contribution is 5.90. The minimum atomic E-state index is -4.38. The summed E-state index contributed by atoms with van der Waals surface area (Å²) in [5, 5.41) is 3.79. The van der Waals surface area contributed by atoms with Crippen LogP contribution < -0.4 is 5.32 Å². The Morgan fingerprint density at radius 1 is 0.786 bits per heavy atom. The van der Waals surface area contributed by atoms with Crippen molar-refractivity contribution in [1.29, 1.82) is 0 Å². The highest BCUT2D eigenvalue weighted by atomic mass is 19.4. The Morgan fingerprint density at radius 2 is 1.57 bits per heavy atom. The molecule has 0 aliphatic rings. The molecule has 3 nitrogen and oxygen atoms in total. The Bertz CT molecular complexity index is 1140. The molecule has 140 valence electrons. The predicted octanol–water partition coefficient (Wildman–Crippen LogP) is 6.20. The van der Waals surface area contributed by atoms with Gasteiger partial charge in [-0.15, -0.1) is 0 Å². The van der Waals surface area contributed by atoms with Crippen molar-refractivity contribution >= 4 is 22.4 Å². The monoisotopic (exact) mass is 383 g/mol. The van der Waals surface area contributed by atoms with E-state index in [0.717, 1.165) is 12.1 Å². The lowest BCUT2D eigenvalue weighted by atomic mass is 10.0. The number of aromatic nitrogens is 2. The number of rotatable bonds is 3. The second-order valence-electron chi connectivity index (χ2n) is 6.16. The molecule has 0 fully saturated rings. The van der Waals surface area contributed by atoms with Crippen LogP contribution >= 0.6 is 0 Å². The van der Waals surface area contributed by atoms with Gasteiger partial charge in [-0.05, 0) is 47.5 Å². The van der Waals surface area contributed by atoms with E-state index >= 15 is 0 Å². The summed E-state index contributed by atoms with van der Waals surface area (Å²) in [6.07, 6.45) is -3.05. The molecule has 0 spiro atoms. The molecule has 0 unspecified atom stereocenters. The molecule has 0 aliphatic heterocycles. The van der Waals surface area contributed by atoms with Gasteiger partial charge in [0.05, 0.1) is 11.1 Å². The zero-order chi connectivity index (χ0) is 19.7. The van der Waals surface area contributed by atoms with Gasteiger partial charge in [-0.25, -0.2) is 14.4 Å². The van der Waals surface area contributed by atoms with E-state index in [9.17, 15) is 17.6 Å². The summed E-state index contributed by atoms with van der Waals surface area (Å²) in [6.45, 7) is 0. The molecule has 0 amide bonds. The van der Waals surface area contributed by atoms with Crippen LogP contribution in [0.3, 0.4) is 0 Å². The summed E-state index contributed by atoms with van der Waals surface area (Å²) in [4.78, 5) is 8.22. The second-order valence-corrected chi connectivity index (χ2v) is 6.16. The third-order valence-corrected chi connectivity index (χ3v) is 4.27. The van der Waals surface area contributed by atoms with Crippen LogP contribution in [0, 0.1) is 5.82 Å². The number of benzene rings is 3. The molecule has 0 aliphatic carbocycles. The zero-order valence-corrected chi connectivity index (χ0v) is 14.3. The van der Waals surface area contributed by atoms with Gasteiger partial charge in [0.1, 0.15) is 18.0 Å². The van der Waals surface area contributed by atoms with Crippen molar-refractivity contribution in [2.45, 2.75) is 6.18 Å². The third-order valence-electron chi connectivity index (χ3n) is 4.27. The number of anilines is 2. The van der Waals surface area contributed by atoms with Crippen LogP contribution in [-0.2, 0) is 6.18 Å². The average Bonchev–Trinajstić information content (AvgIpc) is 2.68. The molecule has 1 N–H and O–H groups in total. The lowest BCUT2D eigenvalue weighted by Gasteiger charge is -2.11. The van der Waals surface area contributed by atoms with E-state index in [0.29, 0.717) is 33.5 Å². The highest BCUT2D eigenvalue weighted by Crippen LogP contribution is 2.32. The van der Waals surface area contributed by atoms with Crippen molar-refractivity contribution in [3.05, 3.63) is 84.4 Å². The SMILES string of the molecule is Fc1ccc2c(Nc3ccc(-c4cccc(C(F)(F)F)c4)cc3)ncnc2c1. The maximum absolute atomic E-state index is 13.4. The fourth-order valence-electron chi connectivity index (χ4n) is 2.89. The molecule has 1 aromatic heterocycles. The first kappa shape index (κ1) is 17.9. The fraction of sp³-hybridized carbons (Fsp3) is 0.0476. The number of halogens is 4. The van der Waals surface area contributed by atoms with Crippen molar-refractivity contribution in [2.75, 3.05) is 5.32 Å². The molecular weight excluding hydrogens is 370 g/mol. The van der Waals surface area contributed by atoms with Crippen LogP contribution in [0.4, 0.5) is 29.1 Å². The number of nitrogens with zero attached hydrogens (tertiary/aromatic N) is 2. The largest absolute Gasteiger partial charge is 0.416 e. The van der Waals surface area contributed by atoms with Crippen molar-refractivity contribution in [2.24, 2.45) is 0 Å². The van der Waals surface area contributed by atoms with E-state index in [1.807, 2.05) is 0 Å². The Kier molecular flexibility index (Phi) is 4.43. The summed E-state index contributed by atoms with van der Waals surface area (Å²) in [7, 11) is 0. The molecule has 0 radical (unpaired) electrons. The summed E-state index contributed by atoms with van der Waals surface area (Å²) >= 11 is 0. The molecule has 28 heavy (non-hydrogen) atoms. The predicted molar refractivity (Wildman–Crippen MR) is 99.7 cm³/mol. The maximum atomic E-state index is 13.4. The third kappa shape index (κ3) is 3.64. The first-order valence-electron chi connectivity index (χ1n) is 8.35. The maximum Gasteiger partial charge on any atom is 0.416 e. The lowest BCUT2D eigenvalue weighted by molar-refractivity contribution is -0.137. The summed E-state index contributed by atoms with van der Waals surface area (Å²) < 4.78 is 52.0. The molecule has 4 rings (SSSR count). The van der Waals surface area contributed by atoms with Crippen LogP contribution in [0.15, 0.2) is 73.1 Å². The van der Waals surface area contributed by atoms with Crippen LogP contribution in [-0.4, -0.2) is 9.97 Å². The summed E-state index contributed by atoms with van der Waals surface area (Å²) in [5.74, 6) is 0.124. The van der Waals surface area contributed by atoms with E-state index < -0.39 is 11.7 Å². The van der Waals surface area contributed by atoms with Gasteiger partial charge in [-0.2, -0.15) is 13.2 Å². The van der Waals surface area contributed by atoms with Gasteiger partial charge in [0, 0.05) is 17.1 Å². The van der Waals surface area contributed by atoms with E-state index in [4.69, 9.17) is 0 Å². The van der Waals surface area contributed by atoms with E-state index in [1.54, 1.807) is 36.4 Å². The van der Waals surface area contributed by atoms with E-state index in [-0.39, 0.29) is 5.82 Å². The van der Waals surface area contributed by atoms with Gasteiger partial charge in [0.25, 0.3) is 0 Å². The van der Waals surface area contributed by atoms with Gasteiger partial charge in [-0.1, -0.05) is 24.3 Å². The van der Waals surface area contributed by atoms with Gasteiger partial charge in [0.15, 0.2) is 0 Å². The standard InChI is InChI=1S/C21H13F4N3/c22-16-6-9-18-19(11-16)26-12-27-20(18)28-17-7-4-13(5-8-17)14-2-1-3-15(10-14)21(23,24)25/h1-12H,(H,26,27,28). The molecule has 3 aromatic carbocycles. The van der Waals surface area contributed by atoms with Crippen LogP contribution in [0.25, 0.3) is 22.0 Å². The number of fused-ring (bicyclic) bond motifs is 1. The molecule has 7 heteroatoms. The Morgan fingerprint density at radius 3 is 2.32 bits per heavy atom. The van der Waals surface area contributed by atoms with Gasteiger partial charge in [0.2, 0.25) is 0 Å². The van der Waals surface area contributed by atoms with Crippen LogP contribution in [0.2, 0.25) is 0 Å².